The predicted molar refractivity (Wildman–Crippen MR) is 72.0 cm³/mol. The van der Waals surface area contributed by atoms with Crippen molar-refractivity contribution in [2.24, 2.45) is 0 Å². The van der Waals surface area contributed by atoms with Crippen molar-refractivity contribution in [3.63, 3.8) is 0 Å². The first-order valence-electron chi connectivity index (χ1n) is 6.68. The Balaban J connectivity index is 1.53. The van der Waals surface area contributed by atoms with E-state index in [1.807, 2.05) is 0 Å². The number of nitrogens with zero attached hydrogens (tertiary/aromatic N) is 3. The minimum atomic E-state index is -0.705. The lowest BCUT2D eigenvalue weighted by Gasteiger charge is -2.36. The maximum absolute atomic E-state index is 11.7. The molecule has 0 radical (unpaired) electrons. The maximum Gasteiger partial charge on any atom is 0.315 e. The number of hydrogen-bond acceptors (Lipinski definition) is 4. The van der Waals surface area contributed by atoms with Crippen molar-refractivity contribution in [3.05, 3.63) is 30.2 Å². The Labute approximate surface area is 116 Å². The van der Waals surface area contributed by atoms with Crippen molar-refractivity contribution in [2.75, 3.05) is 6.54 Å². The lowest BCUT2D eigenvalue weighted by atomic mass is 9.80. The third-order valence-corrected chi connectivity index (χ3v) is 3.66. The van der Waals surface area contributed by atoms with Gasteiger partial charge in [0, 0.05) is 18.8 Å². The van der Waals surface area contributed by atoms with Gasteiger partial charge in [-0.2, -0.15) is 5.10 Å². The number of urea groups is 1. The van der Waals surface area contributed by atoms with E-state index in [1.165, 1.54) is 0 Å². The van der Waals surface area contributed by atoms with Gasteiger partial charge in [0.05, 0.1) is 24.0 Å². The highest BCUT2D eigenvalue weighted by molar-refractivity contribution is 5.73. The molecule has 2 heterocycles. The molecule has 0 aliphatic heterocycles. The van der Waals surface area contributed by atoms with Crippen molar-refractivity contribution in [3.8, 4) is 0 Å². The van der Waals surface area contributed by atoms with Gasteiger partial charge >= 0.3 is 6.03 Å². The van der Waals surface area contributed by atoms with Crippen molar-refractivity contribution in [1.29, 1.82) is 0 Å². The number of hydrogen-bond donors (Lipinski definition) is 3. The molecule has 106 valence electrons. The molecule has 0 aromatic carbocycles. The summed E-state index contributed by atoms with van der Waals surface area (Å²) in [5, 5.41) is 19.5. The van der Waals surface area contributed by atoms with Crippen LogP contribution in [0.5, 0.6) is 0 Å². The lowest BCUT2D eigenvalue weighted by Crippen LogP contribution is -2.50. The summed E-state index contributed by atoms with van der Waals surface area (Å²) < 4.78 is 1.68. The summed E-state index contributed by atoms with van der Waals surface area (Å²) in [4.78, 5) is 15.9. The van der Waals surface area contributed by atoms with Gasteiger partial charge in [0.1, 0.15) is 0 Å². The quantitative estimate of drug-likeness (QED) is 0.755. The van der Waals surface area contributed by atoms with Crippen molar-refractivity contribution in [2.45, 2.75) is 31.4 Å². The normalized spacial score (nSPS) is 16.6. The van der Waals surface area contributed by atoms with E-state index in [4.69, 9.17) is 0 Å². The number of nitrogens with one attached hydrogen (secondary N) is 2. The van der Waals surface area contributed by atoms with Crippen LogP contribution in [0.25, 0.3) is 5.65 Å². The summed E-state index contributed by atoms with van der Waals surface area (Å²) in [6, 6.07) is 3.32. The van der Waals surface area contributed by atoms with E-state index in [0.717, 1.165) is 30.6 Å². The molecule has 0 bridgehead atoms. The zero-order valence-electron chi connectivity index (χ0n) is 11.0. The standard InChI is InChI=1S/C13H17N5O2/c19-12(16-9-13(20)4-1-5-13)15-8-10-2-6-14-11-3-7-17-18(10)11/h2-3,6-7,20H,1,4-5,8-9H2,(H2,15,16,19). The van der Waals surface area contributed by atoms with Gasteiger partial charge in [-0.15, -0.1) is 0 Å². The van der Waals surface area contributed by atoms with Crippen molar-refractivity contribution in [1.82, 2.24) is 25.2 Å². The van der Waals surface area contributed by atoms with Crippen LogP contribution in [-0.4, -0.2) is 37.9 Å². The minimum absolute atomic E-state index is 0.289. The third-order valence-electron chi connectivity index (χ3n) is 3.66. The number of amides is 2. The molecule has 1 fully saturated rings. The molecule has 2 aromatic rings. The highest BCUT2D eigenvalue weighted by Crippen LogP contribution is 2.30. The van der Waals surface area contributed by atoms with E-state index >= 15 is 0 Å². The van der Waals surface area contributed by atoms with Crippen LogP contribution in [0, 0.1) is 0 Å². The minimum Gasteiger partial charge on any atom is -0.388 e. The third kappa shape index (κ3) is 2.57. The molecular weight excluding hydrogens is 258 g/mol. The molecule has 2 amide bonds. The van der Waals surface area contributed by atoms with Gasteiger partial charge in [0.2, 0.25) is 0 Å². The molecule has 0 saturated heterocycles. The van der Waals surface area contributed by atoms with Crippen LogP contribution in [0.4, 0.5) is 4.79 Å². The van der Waals surface area contributed by atoms with Gasteiger partial charge in [-0.05, 0) is 25.3 Å². The van der Waals surface area contributed by atoms with Crippen LogP contribution < -0.4 is 10.6 Å². The number of fused-ring (bicyclic) bond motifs is 1. The second kappa shape index (κ2) is 5.09. The highest BCUT2D eigenvalue weighted by Gasteiger charge is 2.34. The van der Waals surface area contributed by atoms with Crippen LogP contribution in [0.15, 0.2) is 24.5 Å². The predicted octanol–water partition coefficient (Wildman–Crippen LogP) is 0.443. The van der Waals surface area contributed by atoms with E-state index in [0.29, 0.717) is 13.1 Å². The Morgan fingerprint density at radius 2 is 2.20 bits per heavy atom. The van der Waals surface area contributed by atoms with Gasteiger partial charge in [-0.25, -0.2) is 14.3 Å². The molecule has 7 heteroatoms. The molecule has 20 heavy (non-hydrogen) atoms. The number of carbonyl (C=O) groups is 1. The Morgan fingerprint density at radius 3 is 2.95 bits per heavy atom. The fraction of sp³-hybridized carbons (Fsp3) is 0.462. The fourth-order valence-corrected chi connectivity index (χ4v) is 2.26. The average Bonchev–Trinajstić information content (AvgIpc) is 2.89. The van der Waals surface area contributed by atoms with Gasteiger partial charge in [0.15, 0.2) is 5.65 Å². The zero-order valence-corrected chi connectivity index (χ0v) is 11.0. The summed E-state index contributed by atoms with van der Waals surface area (Å²) in [6.45, 7) is 0.650. The Hall–Kier alpha value is -2.15. The molecule has 3 N–H and O–H groups in total. The average molecular weight is 275 g/mol. The molecule has 1 aliphatic rings. The first-order chi connectivity index (χ1) is 9.66. The maximum atomic E-state index is 11.7. The second-order valence-electron chi connectivity index (χ2n) is 5.15. The van der Waals surface area contributed by atoms with Gasteiger partial charge in [-0.1, -0.05) is 0 Å². The van der Waals surface area contributed by atoms with Crippen LogP contribution in [0.1, 0.15) is 25.0 Å². The van der Waals surface area contributed by atoms with Crippen LogP contribution >= 0.6 is 0 Å². The monoisotopic (exact) mass is 275 g/mol. The van der Waals surface area contributed by atoms with Gasteiger partial charge in [-0.3, -0.25) is 0 Å². The Bertz CT molecular complexity index is 620. The largest absolute Gasteiger partial charge is 0.388 e. The Kier molecular flexibility index (Phi) is 3.27. The molecule has 2 aromatic heterocycles. The molecule has 1 aliphatic carbocycles. The molecule has 7 nitrogen and oxygen atoms in total. The summed E-state index contributed by atoms with van der Waals surface area (Å²) >= 11 is 0. The molecule has 1 saturated carbocycles. The summed E-state index contributed by atoms with van der Waals surface area (Å²) in [7, 11) is 0. The molecular formula is C13H17N5O2. The molecule has 3 rings (SSSR count). The molecule has 0 spiro atoms. The van der Waals surface area contributed by atoms with E-state index in [9.17, 15) is 9.90 Å². The van der Waals surface area contributed by atoms with Crippen LogP contribution in [0.2, 0.25) is 0 Å². The number of aliphatic hydroxyl groups is 1. The number of carbonyl (C=O) groups excluding carboxylic acids is 1. The molecule has 0 unspecified atom stereocenters. The summed E-state index contributed by atoms with van der Waals surface area (Å²) in [5.41, 5.74) is 0.884. The fourth-order valence-electron chi connectivity index (χ4n) is 2.26. The smallest absolute Gasteiger partial charge is 0.315 e. The van der Waals surface area contributed by atoms with E-state index < -0.39 is 5.60 Å². The van der Waals surface area contributed by atoms with Gasteiger partial charge < -0.3 is 15.7 Å². The van der Waals surface area contributed by atoms with Crippen molar-refractivity contribution >= 4 is 11.7 Å². The van der Waals surface area contributed by atoms with Gasteiger partial charge in [0.25, 0.3) is 0 Å². The topological polar surface area (TPSA) is 91.6 Å². The van der Waals surface area contributed by atoms with Crippen LogP contribution in [0.3, 0.4) is 0 Å². The first-order valence-corrected chi connectivity index (χ1v) is 6.68. The van der Waals surface area contributed by atoms with E-state index in [-0.39, 0.29) is 6.03 Å². The van der Waals surface area contributed by atoms with E-state index in [2.05, 4.69) is 20.7 Å². The second-order valence-corrected chi connectivity index (χ2v) is 5.15. The first kappa shape index (κ1) is 12.9. The number of rotatable bonds is 4. The van der Waals surface area contributed by atoms with Crippen LogP contribution in [-0.2, 0) is 6.54 Å². The zero-order chi connectivity index (χ0) is 14.0. The summed E-state index contributed by atoms with van der Waals surface area (Å²) in [5.74, 6) is 0. The molecule has 0 atom stereocenters. The summed E-state index contributed by atoms with van der Waals surface area (Å²) in [6.07, 6.45) is 5.88. The number of aromatic nitrogens is 3. The lowest BCUT2D eigenvalue weighted by molar-refractivity contribution is -0.0290. The Morgan fingerprint density at radius 1 is 1.35 bits per heavy atom. The SMILES string of the molecule is O=C(NCc1ccnc2ccnn12)NCC1(O)CCC1. The van der Waals surface area contributed by atoms with Crippen molar-refractivity contribution < 1.29 is 9.90 Å². The highest BCUT2D eigenvalue weighted by atomic mass is 16.3. The van der Waals surface area contributed by atoms with E-state index in [1.54, 1.807) is 29.0 Å².